The minimum absolute atomic E-state index is 0.106. The van der Waals surface area contributed by atoms with Crippen LogP contribution >= 0.6 is 23.1 Å². The van der Waals surface area contributed by atoms with Crippen molar-refractivity contribution in [2.45, 2.75) is 26.1 Å². The van der Waals surface area contributed by atoms with Gasteiger partial charge in [0.1, 0.15) is 5.37 Å². The van der Waals surface area contributed by atoms with E-state index < -0.39 is 0 Å². The van der Waals surface area contributed by atoms with E-state index in [0.29, 0.717) is 5.75 Å². The lowest BCUT2D eigenvalue weighted by molar-refractivity contribution is -0.129. The molecular weight excluding hydrogens is 288 g/mol. The fourth-order valence-electron chi connectivity index (χ4n) is 2.81. The monoisotopic (exact) mass is 312 g/mol. The van der Waals surface area contributed by atoms with Gasteiger partial charge in [0.15, 0.2) is 0 Å². The molecule has 1 atom stereocenters. The smallest absolute Gasteiger partial charge is 0.233 e. The number of carbonyl (C=O) groups excluding carboxylic acids is 1. The van der Waals surface area contributed by atoms with E-state index in [4.69, 9.17) is 0 Å². The lowest BCUT2D eigenvalue weighted by Crippen LogP contribution is -2.41. The fraction of sp³-hybridized carbons (Fsp3) is 0.667. The highest BCUT2D eigenvalue weighted by Crippen LogP contribution is 2.42. The lowest BCUT2D eigenvalue weighted by atomic mass is 9.92. The quantitative estimate of drug-likeness (QED) is 0.834. The van der Waals surface area contributed by atoms with Crippen LogP contribution in [-0.4, -0.2) is 48.6 Å². The fourth-order valence-corrected chi connectivity index (χ4v) is 5.12. The van der Waals surface area contributed by atoms with Crippen molar-refractivity contribution in [3.63, 3.8) is 0 Å². The zero-order chi connectivity index (χ0) is 14.9. The number of rotatable bonds is 5. The van der Waals surface area contributed by atoms with Gasteiger partial charge in [0.25, 0.3) is 0 Å². The van der Waals surface area contributed by atoms with Crippen molar-refractivity contribution in [1.82, 2.24) is 9.80 Å². The second kappa shape index (κ2) is 6.08. The van der Waals surface area contributed by atoms with Gasteiger partial charge in [-0.25, -0.2) is 0 Å². The van der Waals surface area contributed by atoms with Gasteiger partial charge in [0.2, 0.25) is 5.91 Å². The lowest BCUT2D eigenvalue weighted by Gasteiger charge is -2.34. The highest BCUT2D eigenvalue weighted by atomic mass is 32.2. The third-order valence-electron chi connectivity index (χ3n) is 3.32. The van der Waals surface area contributed by atoms with E-state index in [2.05, 4.69) is 56.8 Å². The second-order valence-electron chi connectivity index (χ2n) is 6.54. The summed E-state index contributed by atoms with van der Waals surface area (Å²) < 4.78 is 0. The van der Waals surface area contributed by atoms with E-state index in [1.165, 1.54) is 9.75 Å². The summed E-state index contributed by atoms with van der Waals surface area (Å²) in [6, 6.07) is 4.31. The summed E-state index contributed by atoms with van der Waals surface area (Å²) in [5, 5.41) is 0.211. The zero-order valence-electron chi connectivity index (χ0n) is 13.0. The Labute approximate surface area is 130 Å². The summed E-state index contributed by atoms with van der Waals surface area (Å²) in [6.07, 6.45) is 0. The molecule has 2 heterocycles. The maximum atomic E-state index is 12.2. The SMILES string of the molecule is Cc1ccc(C2SCC(=O)N2CC(C)(C)CN(C)C)s1. The first kappa shape index (κ1) is 15.9. The number of amides is 1. The van der Waals surface area contributed by atoms with Gasteiger partial charge in [-0.05, 0) is 38.6 Å². The molecule has 0 bridgehead atoms. The van der Waals surface area contributed by atoms with Crippen molar-refractivity contribution < 1.29 is 4.79 Å². The number of aryl methyl sites for hydroxylation is 1. The number of carbonyl (C=O) groups is 1. The molecule has 0 saturated carbocycles. The molecule has 1 fully saturated rings. The molecule has 0 aliphatic carbocycles. The molecule has 5 heteroatoms. The van der Waals surface area contributed by atoms with Gasteiger partial charge < -0.3 is 9.80 Å². The van der Waals surface area contributed by atoms with Crippen LogP contribution in [0.3, 0.4) is 0 Å². The van der Waals surface area contributed by atoms with Crippen LogP contribution in [0.1, 0.15) is 29.0 Å². The van der Waals surface area contributed by atoms with Crippen LogP contribution in [0, 0.1) is 12.3 Å². The van der Waals surface area contributed by atoms with Gasteiger partial charge in [-0.2, -0.15) is 0 Å². The van der Waals surface area contributed by atoms with Gasteiger partial charge >= 0.3 is 0 Å². The molecule has 1 saturated heterocycles. The molecule has 0 spiro atoms. The Bertz CT molecular complexity index is 482. The molecule has 1 amide bonds. The van der Waals surface area contributed by atoms with E-state index in [9.17, 15) is 4.79 Å². The predicted octanol–water partition coefficient (Wildman–Crippen LogP) is 3.22. The molecule has 20 heavy (non-hydrogen) atoms. The largest absolute Gasteiger partial charge is 0.324 e. The molecule has 1 aliphatic rings. The number of hydrogen-bond acceptors (Lipinski definition) is 4. The van der Waals surface area contributed by atoms with Crippen LogP contribution in [0.5, 0.6) is 0 Å². The van der Waals surface area contributed by atoms with Crippen molar-refractivity contribution >= 4 is 29.0 Å². The number of hydrogen-bond donors (Lipinski definition) is 0. The standard InChI is InChI=1S/C15H24N2OS2/c1-11-6-7-12(20-11)14-17(13(18)8-19-14)10-15(2,3)9-16(4)5/h6-7,14H,8-10H2,1-5H3. The molecule has 112 valence electrons. The van der Waals surface area contributed by atoms with Crippen LogP contribution in [-0.2, 0) is 4.79 Å². The number of thiophene rings is 1. The molecular formula is C15H24N2OS2. The van der Waals surface area contributed by atoms with Crippen LogP contribution in [0.25, 0.3) is 0 Å². The summed E-state index contributed by atoms with van der Waals surface area (Å²) in [7, 11) is 4.17. The van der Waals surface area contributed by atoms with Crippen molar-refractivity contribution in [2.75, 3.05) is 32.9 Å². The number of thioether (sulfide) groups is 1. The molecule has 3 nitrogen and oxygen atoms in total. The Balaban J connectivity index is 2.13. The molecule has 1 aromatic rings. The van der Waals surface area contributed by atoms with E-state index in [1.54, 1.807) is 23.1 Å². The minimum Gasteiger partial charge on any atom is -0.324 e. The summed E-state index contributed by atoms with van der Waals surface area (Å²) in [5.41, 5.74) is 0.106. The van der Waals surface area contributed by atoms with Crippen molar-refractivity contribution in [2.24, 2.45) is 5.41 Å². The average molecular weight is 313 g/mol. The highest BCUT2D eigenvalue weighted by molar-refractivity contribution is 8.00. The molecule has 1 aliphatic heterocycles. The molecule has 1 unspecified atom stereocenters. The first-order valence-electron chi connectivity index (χ1n) is 6.91. The van der Waals surface area contributed by atoms with Gasteiger partial charge in [-0.15, -0.1) is 23.1 Å². The van der Waals surface area contributed by atoms with E-state index >= 15 is 0 Å². The molecule has 0 N–H and O–H groups in total. The Hall–Kier alpha value is -0.520. The van der Waals surface area contributed by atoms with Gasteiger partial charge in [0.05, 0.1) is 5.75 Å². The van der Waals surface area contributed by atoms with E-state index in [1.807, 2.05) is 0 Å². The normalized spacial score (nSPS) is 20.2. The predicted molar refractivity (Wildman–Crippen MR) is 88.3 cm³/mol. The third kappa shape index (κ3) is 3.77. The highest BCUT2D eigenvalue weighted by Gasteiger charge is 2.37. The molecule has 0 radical (unpaired) electrons. The van der Waals surface area contributed by atoms with Crippen molar-refractivity contribution in [1.29, 1.82) is 0 Å². The van der Waals surface area contributed by atoms with Crippen LogP contribution in [0.4, 0.5) is 0 Å². The van der Waals surface area contributed by atoms with Gasteiger partial charge in [-0.3, -0.25) is 4.79 Å². The summed E-state index contributed by atoms with van der Waals surface area (Å²) in [5.74, 6) is 0.887. The summed E-state index contributed by atoms with van der Waals surface area (Å²) in [4.78, 5) is 19.1. The zero-order valence-corrected chi connectivity index (χ0v) is 14.6. The van der Waals surface area contributed by atoms with Crippen LogP contribution in [0.15, 0.2) is 12.1 Å². The van der Waals surface area contributed by atoms with Crippen LogP contribution < -0.4 is 0 Å². The van der Waals surface area contributed by atoms with Gasteiger partial charge in [0, 0.05) is 22.8 Å². The van der Waals surface area contributed by atoms with Crippen molar-refractivity contribution in [3.05, 3.63) is 21.9 Å². The summed E-state index contributed by atoms with van der Waals surface area (Å²) >= 11 is 3.56. The van der Waals surface area contributed by atoms with Crippen LogP contribution in [0.2, 0.25) is 0 Å². The van der Waals surface area contributed by atoms with Gasteiger partial charge in [-0.1, -0.05) is 13.8 Å². The van der Waals surface area contributed by atoms with E-state index in [-0.39, 0.29) is 16.7 Å². The first-order valence-corrected chi connectivity index (χ1v) is 8.77. The number of nitrogens with zero attached hydrogens (tertiary/aromatic N) is 2. The Morgan fingerprint density at radius 3 is 2.65 bits per heavy atom. The van der Waals surface area contributed by atoms with Crippen molar-refractivity contribution in [3.8, 4) is 0 Å². The second-order valence-corrected chi connectivity index (χ2v) is 8.92. The maximum absolute atomic E-state index is 12.2. The Morgan fingerprint density at radius 1 is 1.40 bits per heavy atom. The molecule has 0 aromatic carbocycles. The topological polar surface area (TPSA) is 23.6 Å². The molecule has 2 rings (SSSR count). The Morgan fingerprint density at radius 2 is 2.10 bits per heavy atom. The third-order valence-corrected chi connectivity index (χ3v) is 5.76. The summed E-state index contributed by atoms with van der Waals surface area (Å²) in [6.45, 7) is 8.40. The Kier molecular flexibility index (Phi) is 4.82. The minimum atomic E-state index is 0.106. The van der Waals surface area contributed by atoms with E-state index in [0.717, 1.165) is 13.1 Å². The average Bonchev–Trinajstić information content (AvgIpc) is 2.85. The maximum Gasteiger partial charge on any atom is 0.233 e. The molecule has 1 aromatic heterocycles. The first-order chi connectivity index (χ1) is 9.28.